The van der Waals surface area contributed by atoms with Gasteiger partial charge in [-0.3, -0.25) is 0 Å². The van der Waals surface area contributed by atoms with E-state index in [2.05, 4.69) is 11.8 Å². The summed E-state index contributed by atoms with van der Waals surface area (Å²) in [5.41, 5.74) is 2.01. The van der Waals surface area contributed by atoms with Crippen LogP contribution in [0.3, 0.4) is 0 Å². The van der Waals surface area contributed by atoms with Crippen LogP contribution >= 0.6 is 0 Å². The molecule has 0 saturated carbocycles. The van der Waals surface area contributed by atoms with Gasteiger partial charge in [-0.05, 0) is 39.1 Å². The molecule has 3 nitrogen and oxygen atoms in total. The number of nitrogens with zero attached hydrogens (tertiary/aromatic N) is 1. The van der Waals surface area contributed by atoms with Crippen molar-refractivity contribution in [2.75, 3.05) is 27.2 Å². The molecule has 3 heteroatoms. The van der Waals surface area contributed by atoms with Gasteiger partial charge >= 0.3 is 0 Å². The monoisotopic (exact) mass is 237 g/mol. The number of hydrogen-bond acceptors (Lipinski definition) is 3. The van der Waals surface area contributed by atoms with E-state index in [1.165, 1.54) is 0 Å². The maximum Gasteiger partial charge on any atom is 0.124 e. The first-order chi connectivity index (χ1) is 8.08. The van der Waals surface area contributed by atoms with Crippen LogP contribution in [0, 0.1) is 6.92 Å². The molecular weight excluding hydrogens is 214 g/mol. The van der Waals surface area contributed by atoms with Crippen LogP contribution in [-0.4, -0.2) is 37.3 Å². The maximum atomic E-state index is 10.2. The standard InChI is InChI=1S/C14H23NO2/c1-5-8-15(3)10-13(16)12-9-11(2)6-7-14(12)17-4/h6-7,9,13,16H,5,8,10H2,1-4H3. The number of aliphatic hydroxyl groups excluding tert-OH is 1. The van der Waals surface area contributed by atoms with Gasteiger partial charge in [-0.2, -0.15) is 0 Å². The van der Waals surface area contributed by atoms with Crippen LogP contribution in [0.15, 0.2) is 18.2 Å². The summed E-state index contributed by atoms with van der Waals surface area (Å²) in [6.45, 7) is 5.78. The number of hydrogen-bond donors (Lipinski definition) is 1. The number of ether oxygens (including phenoxy) is 1. The average molecular weight is 237 g/mol. The van der Waals surface area contributed by atoms with Crippen molar-refractivity contribution in [1.82, 2.24) is 4.90 Å². The van der Waals surface area contributed by atoms with Crippen LogP contribution in [0.25, 0.3) is 0 Å². The second kappa shape index (κ2) is 6.62. The van der Waals surface area contributed by atoms with Gasteiger partial charge in [0.2, 0.25) is 0 Å². The normalized spacial score (nSPS) is 12.8. The SMILES string of the molecule is CCCN(C)CC(O)c1cc(C)ccc1OC. The van der Waals surface area contributed by atoms with Crippen LogP contribution in [-0.2, 0) is 0 Å². The zero-order valence-corrected chi connectivity index (χ0v) is 11.2. The Hall–Kier alpha value is -1.06. The minimum absolute atomic E-state index is 0.499. The summed E-state index contributed by atoms with van der Waals surface area (Å²) in [5.74, 6) is 0.757. The number of likely N-dealkylation sites (N-methyl/N-ethyl adjacent to an activating group) is 1. The van der Waals surface area contributed by atoms with Crippen molar-refractivity contribution in [2.24, 2.45) is 0 Å². The van der Waals surface area contributed by atoms with Crippen LogP contribution < -0.4 is 4.74 Å². The van der Waals surface area contributed by atoms with Crippen molar-refractivity contribution in [2.45, 2.75) is 26.4 Å². The zero-order valence-electron chi connectivity index (χ0n) is 11.2. The summed E-state index contributed by atoms with van der Waals surface area (Å²) in [5, 5.41) is 10.2. The van der Waals surface area contributed by atoms with Gasteiger partial charge in [0.05, 0.1) is 13.2 Å². The average Bonchev–Trinajstić information content (AvgIpc) is 2.29. The quantitative estimate of drug-likeness (QED) is 0.824. The van der Waals surface area contributed by atoms with Crippen LogP contribution in [0.1, 0.15) is 30.6 Å². The van der Waals surface area contributed by atoms with E-state index in [1.807, 2.05) is 32.2 Å². The van der Waals surface area contributed by atoms with E-state index in [4.69, 9.17) is 4.74 Å². The summed E-state index contributed by atoms with van der Waals surface area (Å²) in [6, 6.07) is 5.89. The lowest BCUT2D eigenvalue weighted by atomic mass is 10.0. The molecule has 0 amide bonds. The molecule has 0 heterocycles. The van der Waals surface area contributed by atoms with E-state index in [1.54, 1.807) is 7.11 Å². The molecule has 1 N–H and O–H groups in total. The molecule has 1 rings (SSSR count). The van der Waals surface area contributed by atoms with Gasteiger partial charge < -0.3 is 14.7 Å². The molecule has 0 spiro atoms. The number of aliphatic hydroxyl groups is 1. The molecule has 0 fully saturated rings. The molecule has 1 aromatic rings. The minimum Gasteiger partial charge on any atom is -0.496 e. The minimum atomic E-state index is -0.499. The molecule has 0 bridgehead atoms. The lowest BCUT2D eigenvalue weighted by Crippen LogP contribution is -2.25. The Morgan fingerprint density at radius 3 is 2.71 bits per heavy atom. The smallest absolute Gasteiger partial charge is 0.124 e. The predicted octanol–water partition coefficient (Wildman–Crippen LogP) is 2.38. The summed E-state index contributed by atoms with van der Waals surface area (Å²) < 4.78 is 5.28. The first-order valence-electron chi connectivity index (χ1n) is 6.09. The molecule has 0 aliphatic carbocycles. The third-order valence-corrected chi connectivity index (χ3v) is 2.83. The van der Waals surface area contributed by atoms with E-state index in [0.29, 0.717) is 6.54 Å². The van der Waals surface area contributed by atoms with Crippen molar-refractivity contribution >= 4 is 0 Å². The van der Waals surface area contributed by atoms with Crippen molar-refractivity contribution in [3.05, 3.63) is 29.3 Å². The number of rotatable bonds is 6. The molecule has 1 unspecified atom stereocenters. The number of methoxy groups -OCH3 is 1. The highest BCUT2D eigenvalue weighted by molar-refractivity contribution is 5.38. The second-order valence-corrected chi connectivity index (χ2v) is 4.52. The van der Waals surface area contributed by atoms with Gasteiger partial charge in [-0.1, -0.05) is 18.6 Å². The summed E-state index contributed by atoms with van der Waals surface area (Å²) in [4.78, 5) is 2.13. The Morgan fingerprint density at radius 1 is 1.41 bits per heavy atom. The van der Waals surface area contributed by atoms with E-state index in [-0.39, 0.29) is 0 Å². The molecule has 0 aliphatic heterocycles. The lowest BCUT2D eigenvalue weighted by Gasteiger charge is -2.21. The van der Waals surface area contributed by atoms with Crippen molar-refractivity contribution in [3.8, 4) is 5.75 Å². The third kappa shape index (κ3) is 4.02. The fourth-order valence-corrected chi connectivity index (χ4v) is 1.98. The molecule has 1 atom stereocenters. The maximum absolute atomic E-state index is 10.2. The molecule has 0 aromatic heterocycles. The first kappa shape index (κ1) is 14.0. The summed E-state index contributed by atoms with van der Waals surface area (Å²) in [6.07, 6.45) is 0.593. The van der Waals surface area contributed by atoms with Crippen molar-refractivity contribution in [1.29, 1.82) is 0 Å². The Labute approximate surface area is 104 Å². The highest BCUT2D eigenvalue weighted by Crippen LogP contribution is 2.26. The van der Waals surface area contributed by atoms with Crippen LogP contribution in [0.5, 0.6) is 5.75 Å². The highest BCUT2D eigenvalue weighted by atomic mass is 16.5. The van der Waals surface area contributed by atoms with E-state index in [9.17, 15) is 5.11 Å². The Morgan fingerprint density at radius 2 is 2.12 bits per heavy atom. The van der Waals surface area contributed by atoms with E-state index in [0.717, 1.165) is 29.8 Å². The number of aryl methyl sites for hydroxylation is 1. The van der Waals surface area contributed by atoms with Gasteiger partial charge in [0.1, 0.15) is 5.75 Å². The van der Waals surface area contributed by atoms with Crippen LogP contribution in [0.2, 0.25) is 0 Å². The van der Waals surface area contributed by atoms with Gasteiger partial charge in [-0.15, -0.1) is 0 Å². The van der Waals surface area contributed by atoms with Gasteiger partial charge in [0.25, 0.3) is 0 Å². The molecule has 0 saturated heterocycles. The van der Waals surface area contributed by atoms with E-state index >= 15 is 0 Å². The van der Waals surface area contributed by atoms with Crippen LogP contribution in [0.4, 0.5) is 0 Å². The third-order valence-electron chi connectivity index (χ3n) is 2.83. The molecule has 0 aliphatic rings. The zero-order chi connectivity index (χ0) is 12.8. The second-order valence-electron chi connectivity index (χ2n) is 4.52. The Bertz CT molecular complexity index is 352. The first-order valence-corrected chi connectivity index (χ1v) is 6.09. The summed E-state index contributed by atoms with van der Waals surface area (Å²) in [7, 11) is 3.66. The highest BCUT2D eigenvalue weighted by Gasteiger charge is 2.15. The Kier molecular flexibility index (Phi) is 5.45. The fourth-order valence-electron chi connectivity index (χ4n) is 1.98. The lowest BCUT2D eigenvalue weighted by molar-refractivity contribution is 0.124. The van der Waals surface area contributed by atoms with E-state index < -0.39 is 6.10 Å². The van der Waals surface area contributed by atoms with Gasteiger partial charge in [0.15, 0.2) is 0 Å². The topological polar surface area (TPSA) is 32.7 Å². The largest absolute Gasteiger partial charge is 0.496 e. The molecule has 17 heavy (non-hydrogen) atoms. The predicted molar refractivity (Wildman–Crippen MR) is 70.5 cm³/mol. The van der Waals surface area contributed by atoms with Gasteiger partial charge in [0, 0.05) is 12.1 Å². The fraction of sp³-hybridized carbons (Fsp3) is 0.571. The van der Waals surface area contributed by atoms with Gasteiger partial charge in [-0.25, -0.2) is 0 Å². The molecule has 1 aromatic carbocycles. The van der Waals surface area contributed by atoms with Crippen molar-refractivity contribution < 1.29 is 9.84 Å². The van der Waals surface area contributed by atoms with Crippen molar-refractivity contribution in [3.63, 3.8) is 0 Å². The molecule has 96 valence electrons. The summed E-state index contributed by atoms with van der Waals surface area (Å²) >= 11 is 0. The molecule has 0 radical (unpaired) electrons. The molecular formula is C14H23NO2. The number of benzene rings is 1. The Balaban J connectivity index is 2.79.